The molecule has 0 fully saturated rings. The van der Waals surface area contributed by atoms with E-state index in [4.69, 9.17) is 4.74 Å². The summed E-state index contributed by atoms with van der Waals surface area (Å²) in [7, 11) is 1.48. The molecule has 0 N–H and O–H groups in total. The third kappa shape index (κ3) is 2.37. The molecule has 0 aromatic carbocycles. The summed E-state index contributed by atoms with van der Waals surface area (Å²) in [4.78, 5) is 11.8. The lowest BCUT2D eigenvalue weighted by molar-refractivity contribution is -0.151. The van der Waals surface area contributed by atoms with Crippen LogP contribution in [-0.4, -0.2) is 13.1 Å². The molecule has 0 aromatic heterocycles. The average molecular weight is 196 g/mol. The number of methoxy groups -OCH3 is 1. The van der Waals surface area contributed by atoms with Gasteiger partial charge in [0.05, 0.1) is 12.5 Å². The molecule has 14 heavy (non-hydrogen) atoms. The van der Waals surface area contributed by atoms with Crippen LogP contribution >= 0.6 is 0 Å². The van der Waals surface area contributed by atoms with Crippen LogP contribution in [0.1, 0.15) is 39.5 Å². The minimum atomic E-state index is -0.332. The fourth-order valence-corrected chi connectivity index (χ4v) is 2.28. The lowest BCUT2D eigenvalue weighted by Gasteiger charge is -2.31. The van der Waals surface area contributed by atoms with Crippen molar-refractivity contribution >= 4 is 5.97 Å². The van der Waals surface area contributed by atoms with Gasteiger partial charge in [0.2, 0.25) is 0 Å². The molecular formula is C12H20O2. The van der Waals surface area contributed by atoms with E-state index in [9.17, 15) is 4.79 Å². The van der Waals surface area contributed by atoms with Crippen LogP contribution in [0.15, 0.2) is 12.2 Å². The highest BCUT2D eigenvalue weighted by molar-refractivity contribution is 5.79. The largest absolute Gasteiger partial charge is 0.468 e. The highest BCUT2D eigenvalue weighted by atomic mass is 16.5. The summed E-state index contributed by atoms with van der Waals surface area (Å²) in [5, 5.41) is 0. The molecule has 0 saturated heterocycles. The maximum Gasteiger partial charge on any atom is 0.315 e. The smallest absolute Gasteiger partial charge is 0.315 e. The van der Waals surface area contributed by atoms with Crippen molar-refractivity contribution < 1.29 is 9.53 Å². The zero-order valence-corrected chi connectivity index (χ0v) is 9.38. The number of ether oxygens (including phenoxy) is 1. The highest BCUT2D eigenvalue weighted by Crippen LogP contribution is 2.38. The van der Waals surface area contributed by atoms with Gasteiger partial charge in [-0.15, -0.1) is 0 Å². The summed E-state index contributed by atoms with van der Waals surface area (Å²) in [6.45, 7) is 4.29. The Hall–Kier alpha value is -0.790. The number of carbonyl (C=O) groups is 1. The topological polar surface area (TPSA) is 26.3 Å². The zero-order valence-electron chi connectivity index (χ0n) is 9.38. The first-order valence-electron chi connectivity index (χ1n) is 5.37. The molecule has 0 amide bonds. The van der Waals surface area contributed by atoms with Crippen molar-refractivity contribution in [1.82, 2.24) is 0 Å². The minimum absolute atomic E-state index is 0.0675. The van der Waals surface area contributed by atoms with Gasteiger partial charge in [0.15, 0.2) is 0 Å². The second-order valence-corrected chi connectivity index (χ2v) is 4.54. The second kappa shape index (κ2) is 4.63. The molecule has 1 unspecified atom stereocenters. The molecule has 0 aliphatic heterocycles. The van der Waals surface area contributed by atoms with E-state index in [1.54, 1.807) is 0 Å². The molecule has 1 rings (SSSR count). The monoisotopic (exact) mass is 196 g/mol. The standard InChI is InChI=1S/C12H20O2/c1-10(2)9-12(11(13)14-3)7-5-4-6-8-12/h5,7,10H,4,6,8-9H2,1-3H3. The summed E-state index contributed by atoms with van der Waals surface area (Å²) in [6.07, 6.45) is 8.20. The third-order valence-corrected chi connectivity index (χ3v) is 2.79. The number of allylic oxidation sites excluding steroid dienone is 1. The predicted octanol–water partition coefficient (Wildman–Crippen LogP) is 2.93. The fraction of sp³-hybridized carbons (Fsp3) is 0.750. The van der Waals surface area contributed by atoms with E-state index in [0.717, 1.165) is 25.7 Å². The summed E-state index contributed by atoms with van der Waals surface area (Å²) in [5.74, 6) is 0.457. The molecule has 0 heterocycles. The molecular weight excluding hydrogens is 176 g/mol. The van der Waals surface area contributed by atoms with Crippen LogP contribution < -0.4 is 0 Å². The molecule has 0 bridgehead atoms. The van der Waals surface area contributed by atoms with Gasteiger partial charge in [-0.1, -0.05) is 26.0 Å². The number of hydrogen-bond acceptors (Lipinski definition) is 2. The third-order valence-electron chi connectivity index (χ3n) is 2.79. The van der Waals surface area contributed by atoms with Gasteiger partial charge in [0.25, 0.3) is 0 Å². The normalized spacial score (nSPS) is 26.6. The van der Waals surface area contributed by atoms with Crippen LogP contribution in [0.3, 0.4) is 0 Å². The van der Waals surface area contributed by atoms with Gasteiger partial charge in [-0.25, -0.2) is 0 Å². The Kier molecular flexibility index (Phi) is 3.73. The maximum atomic E-state index is 11.8. The van der Waals surface area contributed by atoms with E-state index >= 15 is 0 Å². The van der Waals surface area contributed by atoms with Crippen molar-refractivity contribution in [2.45, 2.75) is 39.5 Å². The zero-order chi connectivity index (χ0) is 10.6. The Morgan fingerprint density at radius 1 is 1.57 bits per heavy atom. The van der Waals surface area contributed by atoms with Crippen LogP contribution in [0.25, 0.3) is 0 Å². The van der Waals surface area contributed by atoms with Crippen molar-refractivity contribution in [3.8, 4) is 0 Å². The molecule has 2 nitrogen and oxygen atoms in total. The Labute approximate surface area is 86.3 Å². The summed E-state index contributed by atoms with van der Waals surface area (Å²) >= 11 is 0. The van der Waals surface area contributed by atoms with Crippen LogP contribution in [0, 0.1) is 11.3 Å². The molecule has 80 valence electrons. The SMILES string of the molecule is COC(=O)C1(CC(C)C)C=CCCC1. The number of carbonyl (C=O) groups excluding carboxylic acids is 1. The average Bonchev–Trinajstić information content (AvgIpc) is 2.17. The lowest BCUT2D eigenvalue weighted by atomic mass is 9.73. The number of hydrogen-bond donors (Lipinski definition) is 0. The quantitative estimate of drug-likeness (QED) is 0.512. The van der Waals surface area contributed by atoms with Crippen LogP contribution in [-0.2, 0) is 9.53 Å². The maximum absolute atomic E-state index is 11.8. The Bertz CT molecular complexity index is 230. The van der Waals surface area contributed by atoms with Crippen LogP contribution in [0.2, 0.25) is 0 Å². The van der Waals surface area contributed by atoms with Gasteiger partial charge in [0.1, 0.15) is 0 Å². The van der Waals surface area contributed by atoms with Crippen molar-refractivity contribution in [3.63, 3.8) is 0 Å². The van der Waals surface area contributed by atoms with E-state index in [0.29, 0.717) is 5.92 Å². The Balaban J connectivity index is 2.83. The summed E-state index contributed by atoms with van der Waals surface area (Å²) < 4.78 is 4.90. The Morgan fingerprint density at radius 2 is 2.29 bits per heavy atom. The second-order valence-electron chi connectivity index (χ2n) is 4.54. The van der Waals surface area contributed by atoms with Crippen molar-refractivity contribution in [1.29, 1.82) is 0 Å². The van der Waals surface area contributed by atoms with Crippen molar-refractivity contribution in [2.24, 2.45) is 11.3 Å². The molecule has 0 spiro atoms. The number of rotatable bonds is 3. The van der Waals surface area contributed by atoms with Gasteiger partial charge in [-0.05, 0) is 31.6 Å². The van der Waals surface area contributed by atoms with E-state index in [-0.39, 0.29) is 11.4 Å². The molecule has 1 aliphatic carbocycles. The predicted molar refractivity (Wildman–Crippen MR) is 56.9 cm³/mol. The first kappa shape index (κ1) is 11.3. The van der Waals surface area contributed by atoms with E-state index < -0.39 is 0 Å². The molecule has 1 atom stereocenters. The van der Waals surface area contributed by atoms with Gasteiger partial charge in [-0.3, -0.25) is 4.79 Å². The number of esters is 1. The first-order chi connectivity index (χ1) is 6.60. The summed E-state index contributed by atoms with van der Waals surface area (Å²) in [5.41, 5.74) is -0.332. The summed E-state index contributed by atoms with van der Waals surface area (Å²) in [6, 6.07) is 0. The fourth-order valence-electron chi connectivity index (χ4n) is 2.28. The van der Waals surface area contributed by atoms with E-state index in [2.05, 4.69) is 26.0 Å². The minimum Gasteiger partial charge on any atom is -0.468 e. The van der Waals surface area contributed by atoms with Gasteiger partial charge in [0, 0.05) is 0 Å². The molecule has 0 radical (unpaired) electrons. The first-order valence-corrected chi connectivity index (χ1v) is 5.37. The van der Waals surface area contributed by atoms with E-state index in [1.165, 1.54) is 7.11 Å². The molecule has 0 saturated carbocycles. The van der Waals surface area contributed by atoms with Crippen molar-refractivity contribution in [2.75, 3.05) is 7.11 Å². The molecule has 0 aromatic rings. The van der Waals surface area contributed by atoms with Crippen LogP contribution in [0.5, 0.6) is 0 Å². The molecule has 1 aliphatic rings. The van der Waals surface area contributed by atoms with Gasteiger partial charge in [-0.2, -0.15) is 0 Å². The van der Waals surface area contributed by atoms with E-state index in [1.807, 2.05) is 0 Å². The van der Waals surface area contributed by atoms with Crippen molar-refractivity contribution in [3.05, 3.63) is 12.2 Å². The Morgan fingerprint density at radius 3 is 2.71 bits per heavy atom. The van der Waals surface area contributed by atoms with Gasteiger partial charge < -0.3 is 4.74 Å². The van der Waals surface area contributed by atoms with Crippen LogP contribution in [0.4, 0.5) is 0 Å². The van der Waals surface area contributed by atoms with Gasteiger partial charge >= 0.3 is 5.97 Å². The lowest BCUT2D eigenvalue weighted by Crippen LogP contribution is -2.33. The highest BCUT2D eigenvalue weighted by Gasteiger charge is 2.38. The molecule has 2 heteroatoms.